The Balaban J connectivity index is 1.71. The predicted molar refractivity (Wildman–Crippen MR) is 101 cm³/mol. The van der Waals surface area contributed by atoms with Gasteiger partial charge in [-0.3, -0.25) is 0 Å². The lowest BCUT2D eigenvalue weighted by molar-refractivity contribution is 0.155. The molecule has 132 valence electrons. The van der Waals surface area contributed by atoms with Gasteiger partial charge in [0.15, 0.2) is 0 Å². The van der Waals surface area contributed by atoms with E-state index >= 15 is 0 Å². The molecule has 5 nitrogen and oxygen atoms in total. The molecule has 1 spiro atoms. The van der Waals surface area contributed by atoms with Crippen LogP contribution in [0.25, 0.3) is 0 Å². The smallest absolute Gasteiger partial charge is 0.146 e. The first-order valence-electron chi connectivity index (χ1n) is 8.68. The van der Waals surface area contributed by atoms with Gasteiger partial charge >= 0.3 is 0 Å². The highest BCUT2D eigenvalue weighted by molar-refractivity contribution is 6.28. The SMILES string of the molecule is COc1cc(N2CCC3(CCNCC3)CC2)ccc1N=C(N)CCl. The zero-order valence-corrected chi connectivity index (χ0v) is 15.1. The van der Waals surface area contributed by atoms with Crippen LogP contribution in [0.2, 0.25) is 0 Å². The molecule has 6 heteroatoms. The number of nitrogens with zero attached hydrogens (tertiary/aromatic N) is 2. The Bertz CT molecular complexity index is 589. The van der Waals surface area contributed by atoms with Crippen LogP contribution < -0.4 is 20.7 Å². The average Bonchev–Trinajstić information content (AvgIpc) is 2.63. The highest BCUT2D eigenvalue weighted by Crippen LogP contribution is 2.41. The fourth-order valence-electron chi connectivity index (χ4n) is 3.84. The van der Waals surface area contributed by atoms with Crippen molar-refractivity contribution in [3.63, 3.8) is 0 Å². The fraction of sp³-hybridized carbons (Fsp3) is 0.611. The normalized spacial score (nSPS) is 21.1. The topological polar surface area (TPSA) is 62.9 Å². The lowest BCUT2D eigenvalue weighted by Crippen LogP contribution is -2.45. The van der Waals surface area contributed by atoms with E-state index in [1.165, 1.54) is 44.5 Å². The number of rotatable bonds is 4. The summed E-state index contributed by atoms with van der Waals surface area (Å²) in [6.45, 7) is 4.55. The molecule has 3 N–H and O–H groups in total. The Labute approximate surface area is 149 Å². The lowest BCUT2D eigenvalue weighted by Gasteiger charge is -2.45. The molecule has 0 aromatic heterocycles. The highest BCUT2D eigenvalue weighted by atomic mass is 35.5. The number of hydrogen-bond donors (Lipinski definition) is 2. The minimum Gasteiger partial charge on any atom is -0.494 e. The van der Waals surface area contributed by atoms with Crippen molar-refractivity contribution in [2.24, 2.45) is 16.1 Å². The largest absolute Gasteiger partial charge is 0.494 e. The van der Waals surface area contributed by atoms with Crippen LogP contribution in [0.5, 0.6) is 5.75 Å². The highest BCUT2D eigenvalue weighted by Gasteiger charge is 2.35. The molecule has 2 fully saturated rings. The molecule has 0 atom stereocenters. The second-order valence-electron chi connectivity index (χ2n) is 6.83. The summed E-state index contributed by atoms with van der Waals surface area (Å²) in [5, 5.41) is 3.48. The van der Waals surface area contributed by atoms with Crippen molar-refractivity contribution in [3.8, 4) is 5.75 Å². The van der Waals surface area contributed by atoms with Crippen LogP contribution in [0.4, 0.5) is 11.4 Å². The Morgan fingerprint density at radius 2 is 2.00 bits per heavy atom. The standard InChI is InChI=1S/C18H27ClN4O/c1-24-16-12-14(2-3-15(16)22-17(20)13-19)23-10-6-18(7-11-23)4-8-21-9-5-18/h2-3,12,21H,4-11,13H2,1H3,(H2,20,22). The number of amidine groups is 1. The number of ether oxygens (including phenoxy) is 1. The summed E-state index contributed by atoms with van der Waals surface area (Å²) < 4.78 is 5.49. The lowest BCUT2D eigenvalue weighted by atomic mass is 9.71. The zero-order chi connectivity index (χ0) is 17.0. The van der Waals surface area contributed by atoms with Gasteiger partial charge in [0.25, 0.3) is 0 Å². The molecule has 0 amide bonds. The van der Waals surface area contributed by atoms with Crippen LogP contribution in [0.15, 0.2) is 23.2 Å². The van der Waals surface area contributed by atoms with Gasteiger partial charge in [0.1, 0.15) is 17.3 Å². The summed E-state index contributed by atoms with van der Waals surface area (Å²) >= 11 is 5.71. The van der Waals surface area contributed by atoms with Crippen molar-refractivity contribution < 1.29 is 4.74 Å². The van der Waals surface area contributed by atoms with Crippen molar-refractivity contribution in [3.05, 3.63) is 18.2 Å². The van der Waals surface area contributed by atoms with Gasteiger partial charge in [-0.2, -0.15) is 0 Å². The van der Waals surface area contributed by atoms with Crippen molar-refractivity contribution in [2.75, 3.05) is 44.1 Å². The van der Waals surface area contributed by atoms with Crippen LogP contribution in [0, 0.1) is 5.41 Å². The summed E-state index contributed by atoms with van der Waals surface area (Å²) in [5.41, 5.74) is 8.22. The van der Waals surface area contributed by atoms with E-state index < -0.39 is 0 Å². The summed E-state index contributed by atoms with van der Waals surface area (Å²) in [5.74, 6) is 1.35. The molecule has 3 rings (SSSR count). The monoisotopic (exact) mass is 350 g/mol. The maximum absolute atomic E-state index is 5.74. The molecule has 0 radical (unpaired) electrons. The van der Waals surface area contributed by atoms with Gasteiger partial charge in [0.05, 0.1) is 13.0 Å². The first-order valence-corrected chi connectivity index (χ1v) is 9.22. The van der Waals surface area contributed by atoms with E-state index in [2.05, 4.69) is 27.3 Å². The van der Waals surface area contributed by atoms with E-state index in [1.54, 1.807) is 7.11 Å². The molecule has 0 aliphatic carbocycles. The van der Waals surface area contributed by atoms with E-state index in [1.807, 2.05) is 6.07 Å². The first-order chi connectivity index (χ1) is 11.7. The van der Waals surface area contributed by atoms with Gasteiger partial charge in [-0.05, 0) is 56.3 Å². The Morgan fingerprint density at radius 1 is 1.29 bits per heavy atom. The molecular formula is C18H27ClN4O. The summed E-state index contributed by atoms with van der Waals surface area (Å²) in [7, 11) is 1.66. The number of nitrogens with one attached hydrogen (secondary N) is 1. The number of aliphatic imine (C=N–C) groups is 1. The summed E-state index contributed by atoms with van der Waals surface area (Å²) in [6, 6.07) is 6.12. The molecule has 0 unspecified atom stereocenters. The Hall–Kier alpha value is -1.46. The van der Waals surface area contributed by atoms with Crippen LogP contribution >= 0.6 is 11.6 Å². The molecule has 0 saturated carbocycles. The van der Waals surface area contributed by atoms with Crippen molar-refractivity contribution in [2.45, 2.75) is 25.7 Å². The summed E-state index contributed by atoms with van der Waals surface area (Å²) in [6.07, 6.45) is 5.18. The third kappa shape index (κ3) is 3.78. The van der Waals surface area contributed by atoms with Gasteiger partial charge in [-0.15, -0.1) is 11.6 Å². The number of nitrogens with two attached hydrogens (primary N) is 1. The fourth-order valence-corrected chi connectivity index (χ4v) is 3.90. The number of methoxy groups -OCH3 is 1. The number of benzene rings is 1. The molecule has 0 bridgehead atoms. The van der Waals surface area contributed by atoms with Crippen LogP contribution in [0.1, 0.15) is 25.7 Å². The van der Waals surface area contributed by atoms with Crippen LogP contribution in [-0.2, 0) is 0 Å². The van der Waals surface area contributed by atoms with E-state index in [9.17, 15) is 0 Å². The second-order valence-corrected chi connectivity index (χ2v) is 7.10. The number of hydrogen-bond acceptors (Lipinski definition) is 4. The molecule has 2 aliphatic rings. The number of anilines is 1. The number of halogens is 1. The third-order valence-electron chi connectivity index (χ3n) is 5.42. The predicted octanol–water partition coefficient (Wildman–Crippen LogP) is 2.89. The second kappa shape index (κ2) is 7.62. The van der Waals surface area contributed by atoms with E-state index in [-0.39, 0.29) is 5.88 Å². The summed E-state index contributed by atoms with van der Waals surface area (Å²) in [4.78, 5) is 6.77. The Morgan fingerprint density at radius 3 is 2.62 bits per heavy atom. The molecule has 1 aromatic carbocycles. The van der Waals surface area contributed by atoms with Gasteiger partial charge in [-0.25, -0.2) is 4.99 Å². The van der Waals surface area contributed by atoms with Crippen molar-refractivity contribution in [1.82, 2.24) is 5.32 Å². The number of piperidine rings is 2. The van der Waals surface area contributed by atoms with Crippen molar-refractivity contribution in [1.29, 1.82) is 0 Å². The molecule has 2 saturated heterocycles. The molecule has 2 heterocycles. The molecule has 2 aliphatic heterocycles. The molecule has 24 heavy (non-hydrogen) atoms. The van der Waals surface area contributed by atoms with Gasteiger partial charge in [-0.1, -0.05) is 0 Å². The minimum atomic E-state index is 0.216. The third-order valence-corrected chi connectivity index (χ3v) is 5.69. The average molecular weight is 351 g/mol. The quantitative estimate of drug-likeness (QED) is 0.498. The van der Waals surface area contributed by atoms with E-state index in [0.29, 0.717) is 11.3 Å². The van der Waals surface area contributed by atoms with Gasteiger partial charge in [0, 0.05) is 24.8 Å². The number of alkyl halides is 1. The Kier molecular flexibility index (Phi) is 5.51. The van der Waals surface area contributed by atoms with E-state index in [4.69, 9.17) is 22.1 Å². The molecule has 1 aromatic rings. The maximum Gasteiger partial charge on any atom is 0.146 e. The first kappa shape index (κ1) is 17.4. The van der Waals surface area contributed by atoms with Crippen LogP contribution in [-0.4, -0.2) is 45.0 Å². The molecular weight excluding hydrogens is 324 g/mol. The van der Waals surface area contributed by atoms with E-state index in [0.717, 1.165) is 24.5 Å². The van der Waals surface area contributed by atoms with Gasteiger partial charge in [0.2, 0.25) is 0 Å². The van der Waals surface area contributed by atoms with Crippen molar-refractivity contribution >= 4 is 28.8 Å². The van der Waals surface area contributed by atoms with Crippen LogP contribution in [0.3, 0.4) is 0 Å². The van der Waals surface area contributed by atoms with Gasteiger partial charge < -0.3 is 20.7 Å². The minimum absolute atomic E-state index is 0.216. The zero-order valence-electron chi connectivity index (χ0n) is 14.4. The maximum atomic E-state index is 5.74.